The highest BCUT2D eigenvalue weighted by Gasteiger charge is 2.19. The number of hydrogen-bond donors (Lipinski definition) is 0. The van der Waals surface area contributed by atoms with Crippen molar-refractivity contribution in [1.82, 2.24) is 0 Å². The molecule has 1 fully saturated rings. The van der Waals surface area contributed by atoms with Gasteiger partial charge >= 0.3 is 0 Å². The zero-order chi connectivity index (χ0) is 10.2. The SMILES string of the molecule is [CH2]CCCCCC([CH2])C1CCCCC1. The first kappa shape index (κ1) is 12.1. The van der Waals surface area contributed by atoms with Gasteiger partial charge in [0.15, 0.2) is 0 Å². The summed E-state index contributed by atoms with van der Waals surface area (Å²) in [7, 11) is 0. The van der Waals surface area contributed by atoms with Crippen LogP contribution in [-0.2, 0) is 0 Å². The Kier molecular flexibility index (Phi) is 6.31. The standard InChI is InChI=1S/C14H26/c1-3-4-5-7-10-13(2)14-11-8-6-9-12-14/h13-14H,1-12H2. The van der Waals surface area contributed by atoms with E-state index in [1.54, 1.807) is 0 Å². The first-order valence-electron chi connectivity index (χ1n) is 6.47. The zero-order valence-electron chi connectivity index (χ0n) is 9.64. The minimum atomic E-state index is 0.736. The maximum absolute atomic E-state index is 4.34. The molecule has 0 saturated heterocycles. The van der Waals surface area contributed by atoms with Crippen LogP contribution in [0.3, 0.4) is 0 Å². The van der Waals surface area contributed by atoms with Gasteiger partial charge in [0, 0.05) is 0 Å². The van der Waals surface area contributed by atoms with E-state index in [4.69, 9.17) is 0 Å². The van der Waals surface area contributed by atoms with E-state index in [1.807, 2.05) is 0 Å². The Morgan fingerprint density at radius 1 is 1.00 bits per heavy atom. The van der Waals surface area contributed by atoms with Gasteiger partial charge in [-0.15, -0.1) is 0 Å². The minimum Gasteiger partial charge on any atom is -0.0533 e. The summed E-state index contributed by atoms with van der Waals surface area (Å²) in [5.74, 6) is 1.68. The van der Waals surface area contributed by atoms with E-state index >= 15 is 0 Å². The summed E-state index contributed by atoms with van der Waals surface area (Å²) in [6.07, 6.45) is 13.8. The lowest BCUT2D eigenvalue weighted by atomic mass is 9.79. The molecule has 0 aromatic carbocycles. The van der Waals surface area contributed by atoms with Crippen molar-refractivity contribution in [2.24, 2.45) is 11.8 Å². The summed E-state index contributed by atoms with van der Waals surface area (Å²) >= 11 is 0. The molecule has 0 amide bonds. The van der Waals surface area contributed by atoms with E-state index in [1.165, 1.54) is 57.8 Å². The van der Waals surface area contributed by atoms with Crippen molar-refractivity contribution >= 4 is 0 Å². The third kappa shape index (κ3) is 4.48. The topological polar surface area (TPSA) is 0 Å². The van der Waals surface area contributed by atoms with Gasteiger partial charge in [0.25, 0.3) is 0 Å². The lowest BCUT2D eigenvalue weighted by Crippen LogP contribution is -2.15. The fraction of sp³-hybridized carbons (Fsp3) is 0.857. The normalized spacial score (nSPS) is 21.0. The summed E-state index contributed by atoms with van der Waals surface area (Å²) in [5, 5.41) is 0. The van der Waals surface area contributed by atoms with Crippen LogP contribution < -0.4 is 0 Å². The van der Waals surface area contributed by atoms with E-state index in [9.17, 15) is 0 Å². The fourth-order valence-corrected chi connectivity index (χ4v) is 2.60. The number of rotatable bonds is 6. The molecule has 1 aliphatic carbocycles. The van der Waals surface area contributed by atoms with Gasteiger partial charge in [0.1, 0.15) is 0 Å². The largest absolute Gasteiger partial charge is 0.0533 e. The van der Waals surface area contributed by atoms with Crippen molar-refractivity contribution in [1.29, 1.82) is 0 Å². The molecule has 1 rings (SSSR count). The molecule has 82 valence electrons. The van der Waals surface area contributed by atoms with E-state index in [0.717, 1.165) is 18.3 Å². The predicted molar refractivity (Wildman–Crippen MR) is 63.9 cm³/mol. The van der Waals surface area contributed by atoms with Gasteiger partial charge in [-0.25, -0.2) is 0 Å². The monoisotopic (exact) mass is 194 g/mol. The molecule has 0 aromatic heterocycles. The first-order chi connectivity index (χ1) is 6.84. The highest BCUT2D eigenvalue weighted by molar-refractivity contribution is 4.75. The quantitative estimate of drug-likeness (QED) is 0.533. The Labute approximate surface area is 90.5 Å². The number of unbranched alkanes of at least 4 members (excludes halogenated alkanes) is 3. The van der Waals surface area contributed by atoms with Gasteiger partial charge in [-0.05, 0) is 18.8 Å². The van der Waals surface area contributed by atoms with Gasteiger partial charge in [0.2, 0.25) is 0 Å². The molecule has 0 N–H and O–H groups in total. The Morgan fingerprint density at radius 3 is 2.36 bits per heavy atom. The number of hydrogen-bond acceptors (Lipinski definition) is 0. The summed E-state index contributed by atoms with van der Waals surface area (Å²) in [4.78, 5) is 0. The van der Waals surface area contributed by atoms with Crippen LogP contribution in [0.4, 0.5) is 0 Å². The van der Waals surface area contributed by atoms with Crippen LogP contribution in [0, 0.1) is 25.7 Å². The van der Waals surface area contributed by atoms with Gasteiger partial charge in [-0.3, -0.25) is 0 Å². The van der Waals surface area contributed by atoms with Crippen molar-refractivity contribution in [3.8, 4) is 0 Å². The molecule has 1 saturated carbocycles. The van der Waals surface area contributed by atoms with Crippen LogP contribution in [0.5, 0.6) is 0 Å². The van der Waals surface area contributed by atoms with E-state index in [0.29, 0.717) is 0 Å². The molecule has 0 heteroatoms. The highest BCUT2D eigenvalue weighted by Crippen LogP contribution is 2.32. The van der Waals surface area contributed by atoms with E-state index < -0.39 is 0 Å². The molecule has 0 spiro atoms. The summed E-state index contributed by atoms with van der Waals surface area (Å²) in [6.45, 7) is 8.22. The fourth-order valence-electron chi connectivity index (χ4n) is 2.60. The minimum absolute atomic E-state index is 0.736. The second-order valence-corrected chi connectivity index (χ2v) is 4.86. The Bertz CT molecular complexity index is 122. The smallest absolute Gasteiger partial charge is 0.0386 e. The van der Waals surface area contributed by atoms with Gasteiger partial charge in [0.05, 0.1) is 0 Å². The van der Waals surface area contributed by atoms with Gasteiger partial charge < -0.3 is 0 Å². The average Bonchev–Trinajstić information content (AvgIpc) is 2.25. The first-order valence-corrected chi connectivity index (χ1v) is 6.47. The maximum Gasteiger partial charge on any atom is -0.0386 e. The molecule has 0 heterocycles. The maximum atomic E-state index is 4.34. The highest BCUT2D eigenvalue weighted by atomic mass is 14.2. The molecule has 14 heavy (non-hydrogen) atoms. The molecular weight excluding hydrogens is 168 g/mol. The zero-order valence-corrected chi connectivity index (χ0v) is 9.64. The third-order valence-electron chi connectivity index (χ3n) is 3.64. The van der Waals surface area contributed by atoms with Crippen LogP contribution in [0.25, 0.3) is 0 Å². The van der Waals surface area contributed by atoms with Crippen LogP contribution in [0.2, 0.25) is 0 Å². The summed E-state index contributed by atoms with van der Waals surface area (Å²) < 4.78 is 0. The molecule has 1 aliphatic rings. The lowest BCUT2D eigenvalue weighted by molar-refractivity contribution is 0.268. The molecule has 1 atom stereocenters. The Morgan fingerprint density at radius 2 is 1.71 bits per heavy atom. The lowest BCUT2D eigenvalue weighted by Gasteiger charge is -2.27. The summed E-state index contributed by atoms with van der Waals surface area (Å²) in [6, 6.07) is 0. The van der Waals surface area contributed by atoms with Crippen molar-refractivity contribution < 1.29 is 0 Å². The second kappa shape index (κ2) is 7.31. The van der Waals surface area contributed by atoms with Crippen LogP contribution in [0.15, 0.2) is 0 Å². The van der Waals surface area contributed by atoms with Crippen LogP contribution >= 0.6 is 0 Å². The van der Waals surface area contributed by atoms with Gasteiger partial charge in [-0.2, -0.15) is 0 Å². The third-order valence-corrected chi connectivity index (χ3v) is 3.64. The second-order valence-electron chi connectivity index (χ2n) is 4.86. The molecule has 0 nitrogen and oxygen atoms in total. The van der Waals surface area contributed by atoms with E-state index in [2.05, 4.69) is 13.8 Å². The summed E-state index contributed by atoms with van der Waals surface area (Å²) in [5.41, 5.74) is 0. The molecule has 0 aromatic rings. The van der Waals surface area contributed by atoms with Crippen molar-refractivity contribution in [3.63, 3.8) is 0 Å². The molecule has 2 radical (unpaired) electrons. The van der Waals surface area contributed by atoms with E-state index in [-0.39, 0.29) is 0 Å². The van der Waals surface area contributed by atoms with Crippen LogP contribution in [-0.4, -0.2) is 0 Å². The van der Waals surface area contributed by atoms with Crippen molar-refractivity contribution in [3.05, 3.63) is 13.8 Å². The Hall–Kier alpha value is 0. The predicted octanol–water partition coefficient (Wildman–Crippen LogP) is 4.80. The average molecular weight is 194 g/mol. The molecule has 1 unspecified atom stereocenters. The van der Waals surface area contributed by atoms with Crippen molar-refractivity contribution in [2.45, 2.75) is 64.2 Å². The van der Waals surface area contributed by atoms with Crippen LogP contribution in [0.1, 0.15) is 64.2 Å². The molecular formula is C14H26. The van der Waals surface area contributed by atoms with Gasteiger partial charge in [-0.1, -0.05) is 71.1 Å². The molecule has 0 aliphatic heterocycles. The molecule has 0 bridgehead atoms. The Balaban J connectivity index is 2.04. The van der Waals surface area contributed by atoms with Crippen molar-refractivity contribution in [2.75, 3.05) is 0 Å².